The first-order valence-corrected chi connectivity index (χ1v) is 6.35. The normalized spacial score (nSPS) is 11.0. The highest BCUT2D eigenvalue weighted by Crippen LogP contribution is 2.24. The average Bonchev–Trinajstić information content (AvgIpc) is 2.77. The summed E-state index contributed by atoms with van der Waals surface area (Å²) in [6.07, 6.45) is 2.80. The van der Waals surface area contributed by atoms with Crippen molar-refractivity contribution in [1.29, 1.82) is 0 Å². The molecule has 1 aromatic carbocycles. The molecule has 2 heterocycles. The molecule has 3 rings (SSSR count). The van der Waals surface area contributed by atoms with Gasteiger partial charge in [-0.2, -0.15) is 0 Å². The van der Waals surface area contributed by atoms with E-state index >= 15 is 0 Å². The van der Waals surface area contributed by atoms with Crippen LogP contribution in [-0.2, 0) is 6.42 Å². The van der Waals surface area contributed by atoms with Crippen LogP contribution in [0, 0.1) is 0 Å². The smallest absolute Gasteiger partial charge is 0.163 e. The molecule has 3 nitrogen and oxygen atoms in total. The molecule has 4 heteroatoms. The minimum Gasteiger partial charge on any atom is -0.333 e. The van der Waals surface area contributed by atoms with Gasteiger partial charge in [0.25, 0.3) is 0 Å². The standard InChI is InChI=1S/C14H13N3S/c1-2-11-7-10(5-6-15-11)9-3-4-12-13(8-9)17-14(18)16-12/h3-8H,2H2,1H3,(H2,16,17,18). The van der Waals surface area contributed by atoms with E-state index in [0.717, 1.165) is 28.7 Å². The van der Waals surface area contributed by atoms with E-state index in [9.17, 15) is 0 Å². The third kappa shape index (κ3) is 1.99. The quantitative estimate of drug-likeness (QED) is 0.688. The van der Waals surface area contributed by atoms with Crippen LogP contribution < -0.4 is 0 Å². The summed E-state index contributed by atoms with van der Waals surface area (Å²) in [5.74, 6) is 0. The molecule has 2 aromatic heterocycles. The molecule has 0 bridgehead atoms. The van der Waals surface area contributed by atoms with Crippen molar-refractivity contribution in [2.24, 2.45) is 0 Å². The van der Waals surface area contributed by atoms with Gasteiger partial charge in [-0.25, -0.2) is 4.98 Å². The van der Waals surface area contributed by atoms with Crippen molar-refractivity contribution in [1.82, 2.24) is 15.0 Å². The third-order valence-corrected chi connectivity index (χ3v) is 3.19. The molecule has 0 aliphatic rings. The summed E-state index contributed by atoms with van der Waals surface area (Å²) in [4.78, 5) is 11.8. The van der Waals surface area contributed by atoms with Crippen molar-refractivity contribution in [3.8, 4) is 11.1 Å². The molecule has 90 valence electrons. The molecule has 0 unspecified atom stereocenters. The first-order valence-electron chi connectivity index (χ1n) is 5.90. The number of benzene rings is 1. The number of hydrogen-bond donors (Lipinski definition) is 2. The second kappa shape index (κ2) is 4.46. The van der Waals surface area contributed by atoms with E-state index in [1.807, 2.05) is 18.3 Å². The largest absolute Gasteiger partial charge is 0.333 e. The predicted molar refractivity (Wildman–Crippen MR) is 76.0 cm³/mol. The fourth-order valence-corrected chi connectivity index (χ4v) is 2.25. The van der Waals surface area contributed by atoms with Crippen molar-refractivity contribution in [3.05, 3.63) is 42.2 Å². The van der Waals surface area contributed by atoms with Crippen molar-refractivity contribution >= 4 is 23.7 Å². The number of aromatic nitrogens is 3. The third-order valence-electron chi connectivity index (χ3n) is 2.98. The summed E-state index contributed by atoms with van der Waals surface area (Å²) in [5, 5.41) is 0.645. The number of rotatable bonds is 2. The molecule has 18 heavy (non-hydrogen) atoms. The minimum absolute atomic E-state index is 0.645. The maximum atomic E-state index is 4.33. The Morgan fingerprint density at radius 1 is 1.17 bits per heavy atom. The topological polar surface area (TPSA) is 41.6 Å². The second-order valence-electron chi connectivity index (χ2n) is 4.18. The number of pyridine rings is 1. The predicted octanol–water partition coefficient (Wildman–Crippen LogP) is 3.48. The number of H-pyrrole nitrogens is 1. The van der Waals surface area contributed by atoms with Gasteiger partial charge in [0.2, 0.25) is 0 Å². The maximum Gasteiger partial charge on any atom is 0.163 e. The Morgan fingerprint density at radius 3 is 2.83 bits per heavy atom. The van der Waals surface area contributed by atoms with E-state index < -0.39 is 0 Å². The van der Waals surface area contributed by atoms with Crippen molar-refractivity contribution in [2.45, 2.75) is 18.5 Å². The Hall–Kier alpha value is -1.81. The lowest BCUT2D eigenvalue weighted by atomic mass is 10.1. The second-order valence-corrected chi connectivity index (χ2v) is 4.61. The highest BCUT2D eigenvalue weighted by Gasteiger charge is 2.04. The molecule has 0 saturated heterocycles. The van der Waals surface area contributed by atoms with Crippen molar-refractivity contribution < 1.29 is 0 Å². The summed E-state index contributed by atoms with van der Waals surface area (Å²) in [7, 11) is 0. The van der Waals surface area contributed by atoms with Crippen LogP contribution in [0.15, 0.2) is 41.7 Å². The maximum absolute atomic E-state index is 4.33. The lowest BCUT2D eigenvalue weighted by Crippen LogP contribution is -1.87. The van der Waals surface area contributed by atoms with Gasteiger partial charge >= 0.3 is 0 Å². The Kier molecular flexibility index (Phi) is 2.80. The number of nitrogens with zero attached hydrogens (tertiary/aromatic N) is 2. The Labute approximate surface area is 111 Å². The molecule has 0 atom stereocenters. The number of imidazole rings is 1. The van der Waals surface area contributed by atoms with Gasteiger partial charge in [-0.3, -0.25) is 4.98 Å². The van der Waals surface area contributed by atoms with Crippen molar-refractivity contribution in [2.75, 3.05) is 0 Å². The SMILES string of the molecule is CCc1cc(-c2ccc3[nH]c(S)nc3c2)ccn1. The molecule has 3 aromatic rings. The Bertz CT molecular complexity index is 703. The van der Waals surface area contributed by atoms with E-state index in [1.165, 1.54) is 5.56 Å². The van der Waals surface area contributed by atoms with Crippen LogP contribution in [0.2, 0.25) is 0 Å². The Balaban J connectivity index is 2.12. The fraction of sp³-hybridized carbons (Fsp3) is 0.143. The lowest BCUT2D eigenvalue weighted by molar-refractivity contribution is 1.04. The first-order chi connectivity index (χ1) is 8.76. The number of hydrogen-bond acceptors (Lipinski definition) is 3. The summed E-state index contributed by atoms with van der Waals surface area (Å²) < 4.78 is 0. The molecule has 0 amide bonds. The zero-order valence-electron chi connectivity index (χ0n) is 10.0. The number of aromatic amines is 1. The number of nitrogens with one attached hydrogen (secondary N) is 1. The number of fused-ring (bicyclic) bond motifs is 1. The first kappa shape index (κ1) is 11.3. The van der Waals surface area contributed by atoms with Crippen LogP contribution in [0.25, 0.3) is 22.2 Å². The van der Waals surface area contributed by atoms with Crippen LogP contribution in [0.1, 0.15) is 12.6 Å². The van der Waals surface area contributed by atoms with Gasteiger partial charge in [-0.05, 0) is 41.8 Å². The molecule has 1 N–H and O–H groups in total. The van der Waals surface area contributed by atoms with Gasteiger partial charge in [0.1, 0.15) is 0 Å². The summed E-state index contributed by atoms with van der Waals surface area (Å²) in [5.41, 5.74) is 5.37. The van der Waals surface area contributed by atoms with E-state index in [-0.39, 0.29) is 0 Å². The highest BCUT2D eigenvalue weighted by molar-refractivity contribution is 7.80. The molecule has 0 aliphatic heterocycles. The van der Waals surface area contributed by atoms with E-state index in [0.29, 0.717) is 5.16 Å². The minimum atomic E-state index is 0.645. The molecular formula is C14H13N3S. The molecule has 0 fully saturated rings. The average molecular weight is 255 g/mol. The molecule has 0 saturated carbocycles. The molecular weight excluding hydrogens is 242 g/mol. The van der Waals surface area contributed by atoms with Gasteiger partial charge in [-0.15, -0.1) is 12.6 Å². The van der Waals surface area contributed by atoms with Crippen LogP contribution >= 0.6 is 12.6 Å². The van der Waals surface area contributed by atoms with Crippen molar-refractivity contribution in [3.63, 3.8) is 0 Å². The van der Waals surface area contributed by atoms with Crippen LogP contribution in [0.5, 0.6) is 0 Å². The molecule has 0 spiro atoms. The van der Waals surface area contributed by atoms with Gasteiger partial charge in [-0.1, -0.05) is 13.0 Å². The van der Waals surface area contributed by atoms with E-state index in [4.69, 9.17) is 0 Å². The highest BCUT2D eigenvalue weighted by atomic mass is 32.1. The van der Waals surface area contributed by atoms with Gasteiger partial charge in [0.05, 0.1) is 11.0 Å². The zero-order chi connectivity index (χ0) is 12.5. The van der Waals surface area contributed by atoms with Gasteiger partial charge in [0, 0.05) is 11.9 Å². The van der Waals surface area contributed by atoms with E-state index in [1.54, 1.807) is 0 Å². The molecule has 0 aliphatic carbocycles. The summed E-state index contributed by atoms with van der Waals surface area (Å²) in [6, 6.07) is 10.3. The van der Waals surface area contributed by atoms with Gasteiger partial charge < -0.3 is 4.98 Å². The van der Waals surface area contributed by atoms with Crippen LogP contribution in [0.3, 0.4) is 0 Å². The van der Waals surface area contributed by atoms with Crippen LogP contribution in [-0.4, -0.2) is 15.0 Å². The lowest BCUT2D eigenvalue weighted by Gasteiger charge is -2.03. The fourth-order valence-electron chi connectivity index (χ4n) is 2.02. The monoisotopic (exact) mass is 255 g/mol. The molecule has 0 radical (unpaired) electrons. The van der Waals surface area contributed by atoms with Gasteiger partial charge in [0.15, 0.2) is 5.16 Å². The van der Waals surface area contributed by atoms with E-state index in [2.05, 4.69) is 52.7 Å². The van der Waals surface area contributed by atoms with Crippen LogP contribution in [0.4, 0.5) is 0 Å². The summed E-state index contributed by atoms with van der Waals surface area (Å²) in [6.45, 7) is 2.11. The number of thiol groups is 1. The Morgan fingerprint density at radius 2 is 2.00 bits per heavy atom. The zero-order valence-corrected chi connectivity index (χ0v) is 10.9. The summed E-state index contributed by atoms with van der Waals surface area (Å²) >= 11 is 4.22. The number of aryl methyl sites for hydroxylation is 1.